The normalized spacial score (nSPS) is 11.1. The molecule has 0 saturated carbocycles. The lowest BCUT2D eigenvalue weighted by Crippen LogP contribution is -2.22. The van der Waals surface area contributed by atoms with Gasteiger partial charge in [0.15, 0.2) is 0 Å². The number of nitrogens with one attached hydrogen (secondary N) is 1. The number of hydrogen-bond donors (Lipinski definition) is 2. The highest BCUT2D eigenvalue weighted by molar-refractivity contribution is 7.92. The first-order valence-corrected chi connectivity index (χ1v) is 8.41. The molecule has 1 aromatic carbocycles. The van der Waals surface area contributed by atoms with E-state index < -0.39 is 10.0 Å². The molecule has 0 bridgehead atoms. The van der Waals surface area contributed by atoms with Gasteiger partial charge in [-0.25, -0.2) is 8.42 Å². The van der Waals surface area contributed by atoms with E-state index in [-0.39, 0.29) is 25.0 Å². The second kappa shape index (κ2) is 8.03. The summed E-state index contributed by atoms with van der Waals surface area (Å²) in [5.74, 6) is 5.52. The van der Waals surface area contributed by atoms with Crippen molar-refractivity contribution in [3.63, 3.8) is 0 Å². The minimum absolute atomic E-state index is 0.00515. The number of rotatable bonds is 6. The maximum Gasteiger partial charge on any atom is 0.235 e. The average molecular weight is 310 g/mol. The second-order valence-corrected chi connectivity index (χ2v) is 6.74. The van der Waals surface area contributed by atoms with Crippen LogP contribution in [0.3, 0.4) is 0 Å². The van der Waals surface area contributed by atoms with Crippen molar-refractivity contribution in [3.8, 4) is 11.8 Å². The van der Waals surface area contributed by atoms with E-state index in [2.05, 4.69) is 16.6 Å². The lowest BCUT2D eigenvalue weighted by molar-refractivity contribution is 0.0913. The molecule has 5 nitrogen and oxygen atoms in total. The van der Waals surface area contributed by atoms with Crippen LogP contribution in [0.15, 0.2) is 18.2 Å². The molecule has 0 aliphatic heterocycles. The van der Waals surface area contributed by atoms with Crippen LogP contribution in [-0.4, -0.2) is 33.4 Å². The van der Waals surface area contributed by atoms with Gasteiger partial charge in [0.05, 0.1) is 30.7 Å². The quantitative estimate of drug-likeness (QED) is 0.780. The molecule has 0 spiro atoms. The minimum atomic E-state index is -3.46. The Balaban J connectivity index is 2.86. The maximum atomic E-state index is 12.0. The highest BCUT2D eigenvalue weighted by atomic mass is 32.2. The van der Waals surface area contributed by atoms with Gasteiger partial charge in [-0.1, -0.05) is 17.9 Å². The van der Waals surface area contributed by atoms with Crippen molar-refractivity contribution in [1.29, 1.82) is 0 Å². The Labute approximate surface area is 126 Å². The Morgan fingerprint density at radius 3 is 2.71 bits per heavy atom. The van der Waals surface area contributed by atoms with Crippen molar-refractivity contribution in [2.45, 2.75) is 26.9 Å². The molecule has 1 aromatic rings. The van der Waals surface area contributed by atoms with Gasteiger partial charge < -0.3 is 10.5 Å². The number of nitrogens with two attached hydrogens (primary N) is 1. The average Bonchev–Trinajstić information content (AvgIpc) is 2.38. The third-order valence-electron chi connectivity index (χ3n) is 2.57. The van der Waals surface area contributed by atoms with Crippen LogP contribution in [0.1, 0.15) is 25.0 Å². The fourth-order valence-electron chi connectivity index (χ4n) is 1.61. The van der Waals surface area contributed by atoms with E-state index >= 15 is 0 Å². The first-order valence-electron chi connectivity index (χ1n) is 6.76. The van der Waals surface area contributed by atoms with Crippen LogP contribution >= 0.6 is 0 Å². The summed E-state index contributed by atoms with van der Waals surface area (Å²) >= 11 is 0. The summed E-state index contributed by atoms with van der Waals surface area (Å²) in [5, 5.41) is 0. The topological polar surface area (TPSA) is 81.4 Å². The van der Waals surface area contributed by atoms with Crippen molar-refractivity contribution in [3.05, 3.63) is 29.3 Å². The molecule has 0 saturated heterocycles. The number of sulfonamides is 1. The molecular weight excluding hydrogens is 288 g/mol. The molecule has 0 amide bonds. The molecule has 116 valence electrons. The predicted octanol–water partition coefficient (Wildman–Crippen LogP) is 1.47. The lowest BCUT2D eigenvalue weighted by Gasteiger charge is -2.12. The number of anilines is 1. The number of benzene rings is 1. The zero-order valence-electron chi connectivity index (χ0n) is 12.6. The Bertz CT molecular complexity index is 628. The molecule has 0 aromatic heterocycles. The van der Waals surface area contributed by atoms with Crippen molar-refractivity contribution < 1.29 is 13.2 Å². The Morgan fingerprint density at radius 2 is 2.10 bits per heavy atom. The lowest BCUT2D eigenvalue weighted by atomic mass is 10.1. The monoisotopic (exact) mass is 310 g/mol. The van der Waals surface area contributed by atoms with Gasteiger partial charge in [-0.15, -0.1) is 0 Å². The molecule has 0 fully saturated rings. The largest absolute Gasteiger partial charge is 0.378 e. The van der Waals surface area contributed by atoms with Crippen LogP contribution in [0.2, 0.25) is 0 Å². The molecule has 0 radical (unpaired) electrons. The molecule has 3 N–H and O–H groups in total. The van der Waals surface area contributed by atoms with Gasteiger partial charge in [0.25, 0.3) is 0 Å². The Hall–Kier alpha value is -1.55. The van der Waals surface area contributed by atoms with Crippen molar-refractivity contribution in [2.75, 3.05) is 23.6 Å². The summed E-state index contributed by atoms with van der Waals surface area (Å²) in [4.78, 5) is 0. The van der Waals surface area contributed by atoms with Gasteiger partial charge in [0, 0.05) is 5.56 Å². The third kappa shape index (κ3) is 6.63. The minimum Gasteiger partial charge on any atom is -0.378 e. The van der Waals surface area contributed by atoms with Crippen LogP contribution in [0, 0.1) is 18.8 Å². The fraction of sp³-hybridized carbons (Fsp3) is 0.467. The standard InChI is InChI=1S/C15H22N2O3S/c1-12(2)20-9-10-21(18,19)17-15-7-6-13(3)11-14(15)5-4-8-16/h6-7,11-12,17H,8-10,16H2,1-3H3. The molecule has 0 unspecified atom stereocenters. The number of aryl methyl sites for hydroxylation is 1. The Morgan fingerprint density at radius 1 is 1.38 bits per heavy atom. The number of hydrogen-bond acceptors (Lipinski definition) is 4. The van der Waals surface area contributed by atoms with Gasteiger partial charge in [0.1, 0.15) is 0 Å². The van der Waals surface area contributed by atoms with Gasteiger partial charge in [-0.3, -0.25) is 4.72 Å². The molecule has 0 heterocycles. The predicted molar refractivity (Wildman–Crippen MR) is 85.6 cm³/mol. The summed E-state index contributed by atoms with van der Waals surface area (Å²) in [6, 6.07) is 5.36. The highest BCUT2D eigenvalue weighted by Crippen LogP contribution is 2.18. The maximum absolute atomic E-state index is 12.0. The summed E-state index contributed by atoms with van der Waals surface area (Å²) in [5.41, 5.74) is 7.44. The van der Waals surface area contributed by atoms with Gasteiger partial charge >= 0.3 is 0 Å². The number of ether oxygens (including phenoxy) is 1. The van der Waals surface area contributed by atoms with E-state index in [1.165, 1.54) is 0 Å². The van der Waals surface area contributed by atoms with Crippen LogP contribution in [0.4, 0.5) is 5.69 Å². The second-order valence-electron chi connectivity index (χ2n) is 4.90. The molecule has 1 rings (SSSR count). The van der Waals surface area contributed by atoms with Crippen molar-refractivity contribution in [2.24, 2.45) is 5.73 Å². The van der Waals surface area contributed by atoms with Gasteiger partial charge in [0.2, 0.25) is 10.0 Å². The summed E-state index contributed by atoms with van der Waals surface area (Å²) < 4.78 is 31.9. The van der Waals surface area contributed by atoms with E-state index in [4.69, 9.17) is 10.5 Å². The molecule has 0 aliphatic carbocycles. The van der Waals surface area contributed by atoms with Gasteiger partial charge in [-0.05, 0) is 38.5 Å². The molecule has 0 aliphatic rings. The van der Waals surface area contributed by atoms with Crippen LogP contribution in [0.5, 0.6) is 0 Å². The molecule has 21 heavy (non-hydrogen) atoms. The molecule has 0 atom stereocenters. The fourth-order valence-corrected chi connectivity index (χ4v) is 2.54. The molecular formula is C15H22N2O3S. The van der Waals surface area contributed by atoms with Crippen LogP contribution in [0.25, 0.3) is 0 Å². The SMILES string of the molecule is Cc1ccc(NS(=O)(=O)CCOC(C)C)c(C#CCN)c1. The van der Waals surface area contributed by atoms with E-state index in [0.717, 1.165) is 5.56 Å². The third-order valence-corrected chi connectivity index (χ3v) is 3.80. The van der Waals surface area contributed by atoms with E-state index in [1.807, 2.05) is 32.9 Å². The van der Waals surface area contributed by atoms with Crippen LogP contribution in [-0.2, 0) is 14.8 Å². The first-order chi connectivity index (χ1) is 9.84. The summed E-state index contributed by atoms with van der Waals surface area (Å²) in [7, 11) is -3.46. The van der Waals surface area contributed by atoms with E-state index in [0.29, 0.717) is 11.3 Å². The molecule has 6 heteroatoms. The zero-order valence-corrected chi connectivity index (χ0v) is 13.5. The van der Waals surface area contributed by atoms with Crippen molar-refractivity contribution >= 4 is 15.7 Å². The highest BCUT2D eigenvalue weighted by Gasteiger charge is 2.13. The smallest absolute Gasteiger partial charge is 0.235 e. The Kier molecular flexibility index (Phi) is 6.69. The van der Waals surface area contributed by atoms with E-state index in [9.17, 15) is 8.42 Å². The first kappa shape index (κ1) is 17.5. The van der Waals surface area contributed by atoms with Crippen LogP contribution < -0.4 is 10.5 Å². The van der Waals surface area contributed by atoms with Gasteiger partial charge in [-0.2, -0.15) is 0 Å². The van der Waals surface area contributed by atoms with Crippen molar-refractivity contribution in [1.82, 2.24) is 0 Å². The zero-order chi connectivity index (χ0) is 15.9. The summed E-state index contributed by atoms with van der Waals surface area (Å²) in [6.07, 6.45) is 0.00515. The summed E-state index contributed by atoms with van der Waals surface area (Å²) in [6.45, 7) is 6.02. The van der Waals surface area contributed by atoms with E-state index in [1.54, 1.807) is 6.07 Å².